The van der Waals surface area contributed by atoms with Crippen molar-refractivity contribution in [3.05, 3.63) is 10.4 Å². The molecule has 0 aliphatic carbocycles. The molecular weight excluding hydrogens is 194 g/mol. The minimum absolute atomic E-state index is 0.0761. The van der Waals surface area contributed by atoms with Gasteiger partial charge in [-0.3, -0.25) is 4.79 Å². The molecule has 0 aliphatic rings. The molecule has 0 aliphatic heterocycles. The number of carbonyl (C=O) groups excluding carboxylic acids is 1. The summed E-state index contributed by atoms with van der Waals surface area (Å²) in [7, 11) is 0. The van der Waals surface area contributed by atoms with Gasteiger partial charge in [0, 0.05) is 24.4 Å². The maximum absolute atomic E-state index is 11.2. The summed E-state index contributed by atoms with van der Waals surface area (Å²) in [6.45, 7) is 1.78. The van der Waals surface area contributed by atoms with E-state index in [0.29, 0.717) is 26.1 Å². The molecule has 0 aromatic rings. The van der Waals surface area contributed by atoms with E-state index in [1.54, 1.807) is 0 Å². The summed E-state index contributed by atoms with van der Waals surface area (Å²) in [4.78, 5) is 13.8. The van der Waals surface area contributed by atoms with Crippen LogP contribution in [0, 0.1) is 0 Å². The number of nitrogens with zero attached hydrogens (tertiary/aromatic N) is 3. The average Bonchev–Trinajstić information content (AvgIpc) is 2.23. The number of azide groups is 1. The predicted molar refractivity (Wildman–Crippen MR) is 59.2 cm³/mol. The van der Waals surface area contributed by atoms with Crippen LogP contribution in [-0.4, -0.2) is 25.5 Å². The quantitative estimate of drug-likeness (QED) is 0.261. The van der Waals surface area contributed by atoms with Gasteiger partial charge in [-0.2, -0.15) is 0 Å². The first-order valence-corrected chi connectivity index (χ1v) is 5.29. The summed E-state index contributed by atoms with van der Waals surface area (Å²) in [6.07, 6.45) is 3.97. The first-order chi connectivity index (χ1) is 7.31. The Balaban J connectivity index is 3.20. The lowest BCUT2D eigenvalue weighted by Crippen LogP contribution is -2.25. The van der Waals surface area contributed by atoms with Gasteiger partial charge in [0.05, 0.1) is 0 Å². The highest BCUT2D eigenvalue weighted by Gasteiger charge is 1.99. The van der Waals surface area contributed by atoms with E-state index in [4.69, 9.17) is 11.3 Å². The molecule has 3 N–H and O–H groups in total. The summed E-state index contributed by atoms with van der Waals surface area (Å²) in [5.74, 6) is 0.0761. The van der Waals surface area contributed by atoms with Gasteiger partial charge in [0.25, 0.3) is 0 Å². The van der Waals surface area contributed by atoms with Crippen LogP contribution in [0.5, 0.6) is 0 Å². The molecule has 0 saturated carbocycles. The van der Waals surface area contributed by atoms with Crippen LogP contribution >= 0.6 is 0 Å². The van der Waals surface area contributed by atoms with E-state index in [2.05, 4.69) is 15.3 Å². The monoisotopic (exact) mass is 213 g/mol. The molecule has 0 fully saturated rings. The van der Waals surface area contributed by atoms with Crippen molar-refractivity contribution in [2.45, 2.75) is 32.1 Å². The van der Waals surface area contributed by atoms with E-state index in [0.717, 1.165) is 25.7 Å². The zero-order valence-corrected chi connectivity index (χ0v) is 8.98. The second kappa shape index (κ2) is 10.8. The zero-order chi connectivity index (χ0) is 11.4. The van der Waals surface area contributed by atoms with Crippen molar-refractivity contribution in [1.29, 1.82) is 0 Å². The van der Waals surface area contributed by atoms with E-state index in [-0.39, 0.29) is 5.91 Å². The number of rotatable bonds is 9. The number of hydrogen-bond donors (Lipinski definition) is 2. The first kappa shape index (κ1) is 13.7. The molecule has 0 aromatic heterocycles. The molecular formula is C9H19N5O. The number of amides is 1. The summed E-state index contributed by atoms with van der Waals surface area (Å²) < 4.78 is 0. The normalized spacial score (nSPS) is 9.40. The molecule has 0 unspecified atom stereocenters. The van der Waals surface area contributed by atoms with Gasteiger partial charge in [0.2, 0.25) is 5.91 Å². The molecule has 1 amide bonds. The Labute approximate surface area is 89.8 Å². The largest absolute Gasteiger partial charge is 0.356 e. The van der Waals surface area contributed by atoms with Gasteiger partial charge in [-0.1, -0.05) is 11.5 Å². The predicted octanol–water partition coefficient (Wildman–Crippen LogP) is 1.32. The van der Waals surface area contributed by atoms with Gasteiger partial charge in [-0.05, 0) is 31.3 Å². The highest BCUT2D eigenvalue weighted by atomic mass is 16.1. The number of nitrogens with two attached hydrogens (primary N) is 1. The average molecular weight is 213 g/mol. The second-order valence-electron chi connectivity index (χ2n) is 3.26. The molecule has 86 valence electrons. The van der Waals surface area contributed by atoms with Crippen molar-refractivity contribution < 1.29 is 4.79 Å². The Morgan fingerprint density at radius 2 is 2.13 bits per heavy atom. The van der Waals surface area contributed by atoms with E-state index in [9.17, 15) is 4.79 Å². The van der Waals surface area contributed by atoms with Gasteiger partial charge in [0.15, 0.2) is 0 Å². The first-order valence-electron chi connectivity index (χ1n) is 5.29. The van der Waals surface area contributed by atoms with Crippen molar-refractivity contribution in [3.8, 4) is 0 Å². The smallest absolute Gasteiger partial charge is 0.219 e. The Morgan fingerprint density at radius 3 is 2.80 bits per heavy atom. The van der Waals surface area contributed by atoms with Gasteiger partial charge in [-0.25, -0.2) is 0 Å². The molecule has 0 aromatic carbocycles. The Bertz CT molecular complexity index is 213. The Hall–Kier alpha value is -1.26. The van der Waals surface area contributed by atoms with Crippen LogP contribution in [0.3, 0.4) is 0 Å². The van der Waals surface area contributed by atoms with Crippen LogP contribution in [0.4, 0.5) is 0 Å². The van der Waals surface area contributed by atoms with Crippen LogP contribution < -0.4 is 11.1 Å². The molecule has 0 bridgehead atoms. The van der Waals surface area contributed by atoms with E-state index < -0.39 is 0 Å². The van der Waals surface area contributed by atoms with Gasteiger partial charge in [-0.15, -0.1) is 0 Å². The number of carbonyl (C=O) groups is 1. The molecule has 15 heavy (non-hydrogen) atoms. The summed E-state index contributed by atoms with van der Waals surface area (Å²) in [5, 5.41) is 6.20. The standard InChI is InChI=1S/C9H19N5O/c10-6-4-7-12-9(15)5-2-1-3-8-13-14-11/h1-8,10H2,(H,12,15). The van der Waals surface area contributed by atoms with Crippen LogP contribution in [0.2, 0.25) is 0 Å². The number of nitrogens with one attached hydrogen (secondary N) is 1. The fourth-order valence-electron chi connectivity index (χ4n) is 1.11. The maximum atomic E-state index is 11.2. The third-order valence-corrected chi connectivity index (χ3v) is 1.93. The van der Waals surface area contributed by atoms with Crippen molar-refractivity contribution >= 4 is 5.91 Å². The highest BCUT2D eigenvalue weighted by molar-refractivity contribution is 5.75. The van der Waals surface area contributed by atoms with Gasteiger partial charge < -0.3 is 11.1 Å². The zero-order valence-electron chi connectivity index (χ0n) is 8.98. The minimum Gasteiger partial charge on any atom is -0.356 e. The lowest BCUT2D eigenvalue weighted by Gasteiger charge is -2.03. The van der Waals surface area contributed by atoms with Crippen molar-refractivity contribution in [3.63, 3.8) is 0 Å². The molecule has 0 rings (SSSR count). The lowest BCUT2D eigenvalue weighted by atomic mass is 10.2. The maximum Gasteiger partial charge on any atom is 0.219 e. The molecule has 6 heteroatoms. The van der Waals surface area contributed by atoms with Crippen molar-refractivity contribution in [1.82, 2.24) is 5.32 Å². The lowest BCUT2D eigenvalue weighted by molar-refractivity contribution is -0.121. The number of hydrogen-bond acceptors (Lipinski definition) is 3. The fourth-order valence-corrected chi connectivity index (χ4v) is 1.11. The summed E-state index contributed by atoms with van der Waals surface area (Å²) in [5.41, 5.74) is 13.3. The molecule has 0 spiro atoms. The van der Waals surface area contributed by atoms with Crippen LogP contribution in [-0.2, 0) is 4.79 Å². The van der Waals surface area contributed by atoms with Crippen molar-refractivity contribution in [2.75, 3.05) is 19.6 Å². The van der Waals surface area contributed by atoms with Crippen LogP contribution in [0.15, 0.2) is 5.11 Å². The summed E-state index contributed by atoms with van der Waals surface area (Å²) in [6, 6.07) is 0. The van der Waals surface area contributed by atoms with Gasteiger partial charge >= 0.3 is 0 Å². The second-order valence-corrected chi connectivity index (χ2v) is 3.26. The SMILES string of the molecule is [N-]=[N+]=NCCCCCC(=O)NCCCN. The third kappa shape index (κ3) is 10.7. The molecule has 0 atom stereocenters. The topological polar surface area (TPSA) is 104 Å². The van der Waals surface area contributed by atoms with E-state index in [1.807, 2.05) is 0 Å². The van der Waals surface area contributed by atoms with Gasteiger partial charge in [0.1, 0.15) is 0 Å². The fraction of sp³-hybridized carbons (Fsp3) is 0.889. The van der Waals surface area contributed by atoms with E-state index >= 15 is 0 Å². The molecule has 0 saturated heterocycles. The Morgan fingerprint density at radius 1 is 1.33 bits per heavy atom. The third-order valence-electron chi connectivity index (χ3n) is 1.93. The Kier molecular flexibility index (Phi) is 9.91. The van der Waals surface area contributed by atoms with Crippen molar-refractivity contribution in [2.24, 2.45) is 10.8 Å². The summed E-state index contributed by atoms with van der Waals surface area (Å²) >= 11 is 0. The molecule has 6 nitrogen and oxygen atoms in total. The minimum atomic E-state index is 0.0761. The van der Waals surface area contributed by atoms with Crippen LogP contribution in [0.1, 0.15) is 32.1 Å². The molecule has 0 heterocycles. The van der Waals surface area contributed by atoms with Crippen LogP contribution in [0.25, 0.3) is 10.4 Å². The van der Waals surface area contributed by atoms with E-state index in [1.165, 1.54) is 0 Å². The molecule has 0 radical (unpaired) electrons. The number of unbranched alkanes of at least 4 members (excludes halogenated alkanes) is 2. The highest BCUT2D eigenvalue weighted by Crippen LogP contribution is 1.99.